The van der Waals surface area contributed by atoms with Crippen molar-refractivity contribution in [1.29, 1.82) is 0 Å². The van der Waals surface area contributed by atoms with E-state index in [2.05, 4.69) is 75.2 Å². The van der Waals surface area contributed by atoms with Crippen LogP contribution in [0.3, 0.4) is 0 Å². The van der Waals surface area contributed by atoms with E-state index in [-0.39, 0.29) is 17.5 Å². The average molecular weight is 528 g/mol. The van der Waals surface area contributed by atoms with Crippen molar-refractivity contribution in [1.82, 2.24) is 24.6 Å². The van der Waals surface area contributed by atoms with Gasteiger partial charge in [0.15, 0.2) is 0 Å². The number of imidazole rings is 1. The molecule has 1 saturated heterocycles. The van der Waals surface area contributed by atoms with Crippen molar-refractivity contribution in [3.63, 3.8) is 0 Å². The standard InChI is InChI=1S/C32H41N5O2/c1-20(26-16-30(38)36(18-26)21(2)23-10-12-28(39-7)13-11-23)8-9-24-14-25(15-29-31(24)35-22(3)34-29)27-17-33-37(19-27)32(4,5)6/h10-15,17,19-21,26H,8-9,16,18H2,1-7H3,(H,34,35)/t20-,21-,26+/m0/s1. The summed E-state index contributed by atoms with van der Waals surface area (Å²) < 4.78 is 7.31. The Morgan fingerprint density at radius 2 is 1.87 bits per heavy atom. The Morgan fingerprint density at radius 3 is 2.54 bits per heavy atom. The third-order valence-corrected chi connectivity index (χ3v) is 8.31. The van der Waals surface area contributed by atoms with E-state index in [0.717, 1.165) is 58.7 Å². The molecule has 3 atom stereocenters. The predicted molar refractivity (Wildman–Crippen MR) is 156 cm³/mol. The third-order valence-electron chi connectivity index (χ3n) is 8.31. The highest BCUT2D eigenvalue weighted by Crippen LogP contribution is 2.35. The zero-order valence-electron chi connectivity index (χ0n) is 24.3. The number of aryl methyl sites for hydroxylation is 2. The lowest BCUT2D eigenvalue weighted by Gasteiger charge is -2.26. The van der Waals surface area contributed by atoms with E-state index in [9.17, 15) is 4.79 Å². The first-order chi connectivity index (χ1) is 18.5. The first kappa shape index (κ1) is 27.0. The number of benzene rings is 2. The molecule has 1 aliphatic heterocycles. The van der Waals surface area contributed by atoms with Crippen LogP contribution in [0.1, 0.15) is 70.5 Å². The number of methoxy groups -OCH3 is 1. The molecule has 3 heterocycles. The first-order valence-electron chi connectivity index (χ1n) is 14.0. The molecule has 1 fully saturated rings. The summed E-state index contributed by atoms with van der Waals surface area (Å²) in [6.45, 7) is 13.7. The van der Waals surface area contributed by atoms with Crippen LogP contribution in [0.4, 0.5) is 0 Å². The molecular weight excluding hydrogens is 486 g/mol. The number of H-pyrrole nitrogens is 1. The molecule has 4 aromatic rings. The van der Waals surface area contributed by atoms with Gasteiger partial charge in [-0.2, -0.15) is 5.10 Å². The summed E-state index contributed by atoms with van der Waals surface area (Å²) in [5.41, 5.74) is 6.69. The molecule has 39 heavy (non-hydrogen) atoms. The molecule has 0 radical (unpaired) electrons. The van der Waals surface area contributed by atoms with E-state index in [0.29, 0.717) is 18.3 Å². The monoisotopic (exact) mass is 527 g/mol. The Hall–Kier alpha value is -3.61. The van der Waals surface area contributed by atoms with E-state index in [4.69, 9.17) is 9.72 Å². The van der Waals surface area contributed by atoms with Crippen LogP contribution in [0, 0.1) is 18.8 Å². The second-order valence-electron chi connectivity index (χ2n) is 12.2. The van der Waals surface area contributed by atoms with Crippen LogP contribution < -0.4 is 4.74 Å². The van der Waals surface area contributed by atoms with Gasteiger partial charge in [-0.25, -0.2) is 4.98 Å². The highest BCUT2D eigenvalue weighted by atomic mass is 16.5. The molecular formula is C32H41N5O2. The van der Waals surface area contributed by atoms with Gasteiger partial charge in [0.1, 0.15) is 11.6 Å². The van der Waals surface area contributed by atoms with Crippen molar-refractivity contribution in [2.75, 3.05) is 13.7 Å². The maximum atomic E-state index is 13.0. The Labute approximate surface area is 231 Å². The number of hydrogen-bond acceptors (Lipinski definition) is 4. The number of likely N-dealkylation sites (tertiary alicyclic amines) is 1. The topological polar surface area (TPSA) is 76.0 Å². The first-order valence-corrected chi connectivity index (χ1v) is 14.0. The van der Waals surface area contributed by atoms with E-state index in [1.807, 2.05) is 34.8 Å². The summed E-state index contributed by atoms with van der Waals surface area (Å²) in [5.74, 6) is 2.77. The lowest BCUT2D eigenvalue weighted by atomic mass is 9.87. The van der Waals surface area contributed by atoms with Crippen molar-refractivity contribution in [3.8, 4) is 16.9 Å². The molecule has 2 aromatic heterocycles. The molecule has 0 unspecified atom stereocenters. The molecule has 0 saturated carbocycles. The van der Waals surface area contributed by atoms with Gasteiger partial charge in [-0.3, -0.25) is 9.48 Å². The number of ether oxygens (including phenoxy) is 1. The van der Waals surface area contributed by atoms with E-state index >= 15 is 0 Å². The fourth-order valence-corrected chi connectivity index (χ4v) is 5.71. The van der Waals surface area contributed by atoms with Gasteiger partial charge in [-0.15, -0.1) is 0 Å². The molecule has 206 valence electrons. The fraction of sp³-hybridized carbons (Fsp3) is 0.469. The van der Waals surface area contributed by atoms with E-state index in [1.54, 1.807) is 7.11 Å². The Morgan fingerprint density at radius 1 is 1.13 bits per heavy atom. The number of fused-ring (bicyclic) bond motifs is 1. The Kier molecular flexibility index (Phi) is 7.27. The summed E-state index contributed by atoms with van der Waals surface area (Å²) in [4.78, 5) is 23.3. The molecule has 7 heteroatoms. The summed E-state index contributed by atoms with van der Waals surface area (Å²) in [7, 11) is 1.67. The van der Waals surface area contributed by atoms with Gasteiger partial charge in [0.05, 0.1) is 35.9 Å². The minimum atomic E-state index is -0.0668. The zero-order chi connectivity index (χ0) is 27.9. The molecule has 0 aliphatic carbocycles. The predicted octanol–water partition coefficient (Wildman–Crippen LogP) is 6.68. The molecule has 5 rings (SSSR count). The lowest BCUT2D eigenvalue weighted by molar-refractivity contribution is -0.129. The molecule has 0 spiro atoms. The SMILES string of the molecule is COc1ccc([C@H](C)N2C[C@H]([C@@H](C)CCc3cc(-c4cnn(C(C)(C)C)c4)cc4[nH]c(C)nc34)CC2=O)cc1. The van der Waals surface area contributed by atoms with Crippen LogP contribution in [0.25, 0.3) is 22.2 Å². The number of aromatic nitrogens is 4. The number of aromatic amines is 1. The van der Waals surface area contributed by atoms with Gasteiger partial charge in [0.2, 0.25) is 5.91 Å². The lowest BCUT2D eigenvalue weighted by Crippen LogP contribution is -2.29. The van der Waals surface area contributed by atoms with Crippen molar-refractivity contribution >= 4 is 16.9 Å². The maximum Gasteiger partial charge on any atom is 0.223 e. The van der Waals surface area contributed by atoms with Crippen LogP contribution in [-0.4, -0.2) is 44.2 Å². The van der Waals surface area contributed by atoms with Crippen LogP contribution in [0.15, 0.2) is 48.8 Å². The van der Waals surface area contributed by atoms with E-state index < -0.39 is 0 Å². The number of nitrogens with zero attached hydrogens (tertiary/aromatic N) is 4. The highest BCUT2D eigenvalue weighted by molar-refractivity contribution is 5.85. The van der Waals surface area contributed by atoms with Crippen LogP contribution >= 0.6 is 0 Å². The van der Waals surface area contributed by atoms with E-state index in [1.165, 1.54) is 5.56 Å². The second-order valence-corrected chi connectivity index (χ2v) is 12.2. The molecule has 7 nitrogen and oxygen atoms in total. The van der Waals surface area contributed by atoms with Gasteiger partial charge in [-0.05, 0) is 100 Å². The third kappa shape index (κ3) is 5.58. The summed E-state index contributed by atoms with van der Waals surface area (Å²) in [6, 6.07) is 12.6. The van der Waals surface area contributed by atoms with Gasteiger partial charge < -0.3 is 14.6 Å². The van der Waals surface area contributed by atoms with Crippen LogP contribution in [0.5, 0.6) is 5.75 Å². The molecule has 2 aromatic carbocycles. The normalized spacial score (nSPS) is 17.7. The average Bonchev–Trinajstić information content (AvgIpc) is 3.64. The van der Waals surface area contributed by atoms with Crippen LogP contribution in [0.2, 0.25) is 0 Å². The Balaban J connectivity index is 1.30. The smallest absolute Gasteiger partial charge is 0.223 e. The van der Waals surface area contributed by atoms with Crippen molar-refractivity contribution < 1.29 is 9.53 Å². The molecule has 1 N–H and O–H groups in total. The highest BCUT2D eigenvalue weighted by Gasteiger charge is 2.35. The maximum absolute atomic E-state index is 13.0. The van der Waals surface area contributed by atoms with Gasteiger partial charge in [-0.1, -0.05) is 19.1 Å². The number of rotatable bonds is 8. The number of hydrogen-bond donors (Lipinski definition) is 1. The van der Waals surface area contributed by atoms with Gasteiger partial charge in [0, 0.05) is 24.7 Å². The molecule has 0 bridgehead atoms. The van der Waals surface area contributed by atoms with Crippen molar-refractivity contribution in [2.24, 2.45) is 11.8 Å². The quantitative estimate of drug-likeness (QED) is 0.277. The summed E-state index contributed by atoms with van der Waals surface area (Å²) in [5, 5.41) is 4.61. The number of nitrogens with one attached hydrogen (secondary N) is 1. The molecule has 1 amide bonds. The summed E-state index contributed by atoms with van der Waals surface area (Å²) >= 11 is 0. The minimum Gasteiger partial charge on any atom is -0.497 e. The number of amides is 1. The minimum absolute atomic E-state index is 0.0537. The van der Waals surface area contributed by atoms with Gasteiger partial charge in [0.25, 0.3) is 0 Å². The Bertz CT molecular complexity index is 1460. The van der Waals surface area contributed by atoms with Gasteiger partial charge >= 0.3 is 0 Å². The largest absolute Gasteiger partial charge is 0.497 e. The van der Waals surface area contributed by atoms with Crippen molar-refractivity contribution in [2.45, 2.75) is 72.4 Å². The molecule has 1 aliphatic rings. The fourth-order valence-electron chi connectivity index (χ4n) is 5.71. The van der Waals surface area contributed by atoms with Crippen molar-refractivity contribution in [3.05, 3.63) is 65.7 Å². The zero-order valence-corrected chi connectivity index (χ0v) is 24.3. The number of carbonyl (C=O) groups is 1. The van der Waals surface area contributed by atoms with Crippen LogP contribution in [-0.2, 0) is 16.8 Å². The number of carbonyl (C=O) groups excluding carboxylic acids is 1. The second kappa shape index (κ2) is 10.5. The summed E-state index contributed by atoms with van der Waals surface area (Å²) in [6.07, 6.45) is 6.62.